The molecule has 6 heteroatoms. The quantitative estimate of drug-likeness (QED) is 0.239. The summed E-state index contributed by atoms with van der Waals surface area (Å²) in [6.07, 6.45) is 0. The number of esters is 1. The van der Waals surface area contributed by atoms with E-state index in [-0.39, 0.29) is 29.7 Å². The molecular weight excluding hydrogens is 402 g/mol. The molecule has 0 spiro atoms. The van der Waals surface area contributed by atoms with Crippen molar-refractivity contribution in [3.63, 3.8) is 0 Å². The Morgan fingerprint density at radius 1 is 0.867 bits per heavy atom. The highest BCUT2D eigenvalue weighted by Gasteiger charge is 2.17. The molecule has 3 aromatic carbocycles. The number of alkyl halides is 1. The fourth-order valence-corrected chi connectivity index (χ4v) is 3.12. The third-order valence-electron chi connectivity index (χ3n) is 4.48. The molecule has 0 aliphatic carbocycles. The van der Waals surface area contributed by atoms with Gasteiger partial charge in [-0.2, -0.15) is 0 Å². The largest absolute Gasteiger partial charge is 0.504 e. The Labute approximate surface area is 180 Å². The molecule has 30 heavy (non-hydrogen) atoms. The Morgan fingerprint density at radius 2 is 1.43 bits per heavy atom. The normalized spacial score (nSPS) is 10.7. The minimum absolute atomic E-state index is 0.0795. The van der Waals surface area contributed by atoms with Gasteiger partial charge >= 0.3 is 5.97 Å². The van der Waals surface area contributed by atoms with Crippen LogP contribution in [0.25, 0.3) is 0 Å². The summed E-state index contributed by atoms with van der Waals surface area (Å²) in [5, 5.41) is 9.89. The van der Waals surface area contributed by atoms with Crippen molar-refractivity contribution in [3.05, 3.63) is 95.6 Å². The summed E-state index contributed by atoms with van der Waals surface area (Å²) in [6.45, 7) is 1.37. The number of carbonyl (C=O) groups excluding carboxylic acids is 2. The number of hydrogen-bond acceptors (Lipinski definition) is 5. The Bertz CT molecular complexity index is 951. The summed E-state index contributed by atoms with van der Waals surface area (Å²) in [4.78, 5) is 26.5. The summed E-state index contributed by atoms with van der Waals surface area (Å²) >= 11 is 5.45. The number of Topliss-reactive ketones (excluding diaryl/α,β-unsaturated/α-hetero) is 1. The molecule has 154 valence electrons. The lowest BCUT2D eigenvalue weighted by atomic mass is 10.1. The van der Waals surface area contributed by atoms with Gasteiger partial charge in [0, 0.05) is 18.7 Å². The second-order valence-corrected chi connectivity index (χ2v) is 7.10. The standard InChI is InChI=1S/C24H22ClNO4/c25-14-24(29)30-23-13-20(11-12-21(23)27)22(28)17-26(15-18-7-3-1-4-8-18)16-19-9-5-2-6-10-19/h1-13,27H,14-17H2. The van der Waals surface area contributed by atoms with E-state index in [1.807, 2.05) is 65.6 Å². The van der Waals surface area contributed by atoms with Crippen molar-refractivity contribution in [2.45, 2.75) is 13.1 Å². The maximum absolute atomic E-state index is 13.0. The van der Waals surface area contributed by atoms with Crippen molar-refractivity contribution in [3.8, 4) is 11.5 Å². The number of halogens is 1. The van der Waals surface area contributed by atoms with Crippen molar-refractivity contribution in [1.29, 1.82) is 0 Å². The van der Waals surface area contributed by atoms with Gasteiger partial charge in [0.25, 0.3) is 0 Å². The Morgan fingerprint density at radius 3 is 1.97 bits per heavy atom. The number of aromatic hydroxyl groups is 1. The first-order valence-corrected chi connectivity index (χ1v) is 10.0. The zero-order valence-electron chi connectivity index (χ0n) is 16.3. The van der Waals surface area contributed by atoms with Crippen LogP contribution in [-0.4, -0.2) is 34.2 Å². The maximum atomic E-state index is 13.0. The molecule has 0 unspecified atom stereocenters. The fourth-order valence-electron chi connectivity index (χ4n) is 3.06. The van der Waals surface area contributed by atoms with E-state index in [9.17, 15) is 14.7 Å². The highest BCUT2D eigenvalue weighted by atomic mass is 35.5. The lowest BCUT2D eigenvalue weighted by Gasteiger charge is -2.22. The first kappa shape index (κ1) is 21.6. The van der Waals surface area contributed by atoms with E-state index in [1.165, 1.54) is 18.2 Å². The predicted molar refractivity (Wildman–Crippen MR) is 116 cm³/mol. The second kappa shape index (κ2) is 10.6. The first-order valence-electron chi connectivity index (χ1n) is 9.48. The minimum Gasteiger partial charge on any atom is -0.504 e. The number of phenols is 1. The van der Waals surface area contributed by atoms with Crippen molar-refractivity contribution < 1.29 is 19.4 Å². The summed E-state index contributed by atoms with van der Waals surface area (Å²) in [5.74, 6) is -1.50. The Balaban J connectivity index is 1.78. The number of ether oxygens (including phenoxy) is 1. The van der Waals surface area contributed by atoms with Gasteiger partial charge in [-0.3, -0.25) is 14.5 Å². The Hall–Kier alpha value is -3.15. The number of nitrogens with zero attached hydrogens (tertiary/aromatic N) is 1. The molecule has 0 heterocycles. The molecule has 0 aliphatic rings. The topological polar surface area (TPSA) is 66.8 Å². The average molecular weight is 424 g/mol. The molecule has 1 N–H and O–H groups in total. The monoisotopic (exact) mass is 423 g/mol. The number of ketones is 1. The van der Waals surface area contributed by atoms with Crippen LogP contribution in [0.4, 0.5) is 0 Å². The van der Waals surface area contributed by atoms with Gasteiger partial charge in [-0.15, -0.1) is 11.6 Å². The molecule has 5 nitrogen and oxygen atoms in total. The smallest absolute Gasteiger partial charge is 0.326 e. The minimum atomic E-state index is -0.702. The van der Waals surface area contributed by atoms with Crippen LogP contribution < -0.4 is 4.74 Å². The zero-order valence-corrected chi connectivity index (χ0v) is 17.1. The number of benzene rings is 3. The van der Waals surface area contributed by atoms with E-state index in [0.717, 1.165) is 11.1 Å². The first-order chi connectivity index (χ1) is 14.5. The SMILES string of the molecule is O=C(CCl)Oc1cc(C(=O)CN(Cc2ccccc2)Cc2ccccc2)ccc1O. The zero-order chi connectivity index (χ0) is 21.3. The van der Waals surface area contributed by atoms with E-state index < -0.39 is 5.97 Å². The van der Waals surface area contributed by atoms with E-state index >= 15 is 0 Å². The Kier molecular flexibility index (Phi) is 7.60. The molecule has 0 bridgehead atoms. The molecule has 3 aromatic rings. The number of hydrogen-bond donors (Lipinski definition) is 1. The van der Waals surface area contributed by atoms with Crippen molar-refractivity contribution in [2.24, 2.45) is 0 Å². The second-order valence-electron chi connectivity index (χ2n) is 6.83. The van der Waals surface area contributed by atoms with E-state index in [1.54, 1.807) is 0 Å². The number of phenolic OH excluding ortho intramolecular Hbond substituents is 1. The lowest BCUT2D eigenvalue weighted by molar-refractivity contribution is -0.131. The highest BCUT2D eigenvalue weighted by molar-refractivity contribution is 6.26. The lowest BCUT2D eigenvalue weighted by Crippen LogP contribution is -2.29. The number of rotatable bonds is 9. The van der Waals surface area contributed by atoms with Crippen LogP contribution in [0, 0.1) is 0 Å². The van der Waals surface area contributed by atoms with Crippen molar-refractivity contribution >= 4 is 23.4 Å². The molecule has 0 saturated carbocycles. The van der Waals surface area contributed by atoms with Gasteiger partial charge < -0.3 is 9.84 Å². The van der Waals surface area contributed by atoms with E-state index in [2.05, 4.69) is 0 Å². The van der Waals surface area contributed by atoms with Crippen LogP contribution >= 0.6 is 11.6 Å². The van der Waals surface area contributed by atoms with E-state index in [0.29, 0.717) is 18.7 Å². The van der Waals surface area contributed by atoms with Crippen LogP contribution in [0.5, 0.6) is 11.5 Å². The average Bonchev–Trinajstić information content (AvgIpc) is 2.76. The molecule has 0 saturated heterocycles. The third kappa shape index (κ3) is 6.17. The van der Waals surface area contributed by atoms with E-state index in [4.69, 9.17) is 16.3 Å². The van der Waals surface area contributed by atoms with Gasteiger partial charge in [0.2, 0.25) is 0 Å². The van der Waals surface area contributed by atoms with Crippen LogP contribution in [0.1, 0.15) is 21.5 Å². The molecule has 0 aliphatic heterocycles. The van der Waals surface area contributed by atoms with Crippen LogP contribution in [0.3, 0.4) is 0 Å². The third-order valence-corrected chi connectivity index (χ3v) is 4.70. The molecule has 0 amide bonds. The molecule has 0 fully saturated rings. The van der Waals surface area contributed by atoms with Crippen LogP contribution in [0.15, 0.2) is 78.9 Å². The molecule has 0 atom stereocenters. The summed E-state index contributed by atoms with van der Waals surface area (Å²) in [6, 6.07) is 24.1. The highest BCUT2D eigenvalue weighted by Crippen LogP contribution is 2.27. The summed E-state index contributed by atoms with van der Waals surface area (Å²) in [7, 11) is 0. The molecule has 0 radical (unpaired) electrons. The molecule has 3 rings (SSSR count). The van der Waals surface area contributed by atoms with Crippen LogP contribution in [-0.2, 0) is 17.9 Å². The number of carbonyl (C=O) groups is 2. The predicted octanol–water partition coefficient (Wildman–Crippen LogP) is 4.42. The van der Waals surface area contributed by atoms with Crippen LogP contribution in [0.2, 0.25) is 0 Å². The van der Waals surface area contributed by atoms with Crippen molar-refractivity contribution in [2.75, 3.05) is 12.4 Å². The fraction of sp³-hybridized carbons (Fsp3) is 0.167. The van der Waals surface area contributed by atoms with Crippen molar-refractivity contribution in [1.82, 2.24) is 4.90 Å². The molecule has 0 aromatic heterocycles. The van der Waals surface area contributed by atoms with Gasteiger partial charge in [-0.25, -0.2) is 0 Å². The van der Waals surface area contributed by atoms with Gasteiger partial charge in [0.1, 0.15) is 5.88 Å². The van der Waals surface area contributed by atoms with Gasteiger partial charge in [0.05, 0.1) is 6.54 Å². The molecular formula is C24H22ClNO4. The summed E-state index contributed by atoms with van der Waals surface area (Å²) in [5.41, 5.74) is 2.55. The maximum Gasteiger partial charge on any atom is 0.326 e. The van der Waals surface area contributed by atoms with Gasteiger partial charge in [-0.1, -0.05) is 60.7 Å². The van der Waals surface area contributed by atoms with Gasteiger partial charge in [-0.05, 0) is 29.3 Å². The van der Waals surface area contributed by atoms with Gasteiger partial charge in [0.15, 0.2) is 17.3 Å². The summed E-state index contributed by atoms with van der Waals surface area (Å²) < 4.78 is 4.99.